The highest BCUT2D eigenvalue weighted by atomic mass is 32.1. The number of hydrogen-bond acceptors (Lipinski definition) is 6. The Kier molecular flexibility index (Phi) is 7.83. The number of nitrogens with one attached hydrogen (secondary N) is 1. The number of carbonyl (C=O) groups excluding carboxylic acids is 2. The van der Waals surface area contributed by atoms with Gasteiger partial charge < -0.3 is 15.0 Å². The van der Waals surface area contributed by atoms with Gasteiger partial charge in [-0.15, -0.1) is 0 Å². The molecule has 2 amide bonds. The fourth-order valence-electron chi connectivity index (χ4n) is 5.30. The summed E-state index contributed by atoms with van der Waals surface area (Å²) in [7, 11) is 0. The Morgan fingerprint density at radius 3 is 2.33 bits per heavy atom. The molecule has 1 atom stereocenters. The van der Waals surface area contributed by atoms with Crippen molar-refractivity contribution < 1.29 is 14.3 Å². The third-order valence-electron chi connectivity index (χ3n) is 7.41. The predicted molar refractivity (Wildman–Crippen MR) is 163 cm³/mol. The minimum Gasteiger partial charge on any atom is -0.484 e. The molecule has 0 saturated carbocycles. The Labute approximate surface area is 246 Å². The highest BCUT2D eigenvalue weighted by molar-refractivity contribution is 7.07. The molecule has 9 heteroatoms. The average molecular weight is 579 g/mol. The summed E-state index contributed by atoms with van der Waals surface area (Å²) >= 11 is 1.29. The van der Waals surface area contributed by atoms with Crippen molar-refractivity contribution in [2.45, 2.75) is 25.8 Å². The average Bonchev–Trinajstić information content (AvgIpc) is 3.65. The quantitative estimate of drug-likeness (QED) is 0.360. The summed E-state index contributed by atoms with van der Waals surface area (Å²) in [6.07, 6.45) is 3.90. The second-order valence-electron chi connectivity index (χ2n) is 10.3. The van der Waals surface area contributed by atoms with Crippen molar-refractivity contribution in [3.63, 3.8) is 0 Å². The van der Waals surface area contributed by atoms with E-state index in [1.54, 1.807) is 23.6 Å². The normalized spacial score (nSPS) is 16.6. The number of ether oxygens (including phenoxy) is 1. The van der Waals surface area contributed by atoms with Gasteiger partial charge in [0, 0.05) is 18.8 Å². The lowest BCUT2D eigenvalue weighted by atomic mass is 9.95. The fourth-order valence-corrected chi connectivity index (χ4v) is 6.34. The van der Waals surface area contributed by atoms with Crippen LogP contribution in [0.2, 0.25) is 0 Å². The van der Waals surface area contributed by atoms with Crippen molar-refractivity contribution >= 4 is 34.9 Å². The number of fused-ring (bicyclic) bond motifs is 1. The van der Waals surface area contributed by atoms with Gasteiger partial charge >= 0.3 is 0 Å². The van der Waals surface area contributed by atoms with Gasteiger partial charge in [-0.05, 0) is 61.2 Å². The van der Waals surface area contributed by atoms with Crippen LogP contribution in [-0.4, -0.2) is 41.0 Å². The molecule has 3 heterocycles. The third kappa shape index (κ3) is 5.69. The number of amides is 2. The Hall–Kier alpha value is -4.76. The second kappa shape index (κ2) is 12.0. The summed E-state index contributed by atoms with van der Waals surface area (Å²) in [5.41, 5.74) is 3.07. The topological polar surface area (TPSA) is 93.0 Å². The molecule has 0 spiro atoms. The maximum Gasteiger partial charge on any atom is 0.271 e. The number of aromatic nitrogens is 1. The Morgan fingerprint density at radius 1 is 0.976 bits per heavy atom. The molecule has 8 nitrogen and oxygen atoms in total. The van der Waals surface area contributed by atoms with Gasteiger partial charge in [0.1, 0.15) is 5.75 Å². The van der Waals surface area contributed by atoms with Crippen LogP contribution >= 0.6 is 11.3 Å². The number of allylic oxidation sites excluding steroid dienone is 1. The van der Waals surface area contributed by atoms with Crippen molar-refractivity contribution in [3.05, 3.63) is 127 Å². The molecule has 212 valence electrons. The smallest absolute Gasteiger partial charge is 0.271 e. The lowest BCUT2D eigenvalue weighted by Crippen LogP contribution is -2.40. The molecular formula is C33H30N4O4S. The van der Waals surface area contributed by atoms with Crippen molar-refractivity contribution in [3.8, 4) is 5.75 Å². The molecule has 1 fully saturated rings. The van der Waals surface area contributed by atoms with Gasteiger partial charge in [0.2, 0.25) is 0 Å². The molecule has 1 N–H and O–H groups in total. The zero-order valence-electron chi connectivity index (χ0n) is 23.2. The Morgan fingerprint density at radius 2 is 1.64 bits per heavy atom. The summed E-state index contributed by atoms with van der Waals surface area (Å²) in [5.74, 6) is 0.289. The predicted octanol–water partition coefficient (Wildman–Crippen LogP) is 3.88. The van der Waals surface area contributed by atoms with Gasteiger partial charge in [0.15, 0.2) is 11.4 Å². The third-order valence-corrected chi connectivity index (χ3v) is 8.40. The molecule has 1 aromatic heterocycles. The number of thiazole rings is 1. The second-order valence-corrected chi connectivity index (χ2v) is 11.3. The number of hydrogen-bond donors (Lipinski definition) is 1. The largest absolute Gasteiger partial charge is 0.484 e. The van der Waals surface area contributed by atoms with E-state index in [-0.39, 0.29) is 24.0 Å². The molecule has 2 aliphatic rings. The van der Waals surface area contributed by atoms with Gasteiger partial charge in [0.25, 0.3) is 17.4 Å². The van der Waals surface area contributed by atoms with Crippen LogP contribution in [0, 0.1) is 0 Å². The number of likely N-dealkylation sites (tertiary alicyclic amines) is 1. The van der Waals surface area contributed by atoms with Crippen LogP contribution in [0.4, 0.5) is 5.69 Å². The number of benzene rings is 3. The molecule has 2 aliphatic heterocycles. The molecule has 0 bridgehead atoms. The standard InChI is InChI=1S/C33H30N4O4S/c1-22-29(31(39)35-25-12-6-3-7-13-25)30(24-10-4-2-5-11-24)37-32(40)27(42-33(37)34-22)20-23-14-16-26(17-15-23)41-21-28(38)36-18-8-9-19-36/h2-7,10-17,20,30H,8-9,18-19,21H2,1H3,(H,35,39)/b27-20+/t30-/m1/s1. The first-order chi connectivity index (χ1) is 20.5. The molecule has 0 aliphatic carbocycles. The monoisotopic (exact) mass is 578 g/mol. The maximum absolute atomic E-state index is 13.9. The van der Waals surface area contributed by atoms with Crippen LogP contribution in [0.5, 0.6) is 5.75 Å². The van der Waals surface area contributed by atoms with Crippen LogP contribution in [0.3, 0.4) is 0 Å². The number of anilines is 1. The van der Waals surface area contributed by atoms with E-state index >= 15 is 0 Å². The van der Waals surface area contributed by atoms with E-state index in [4.69, 9.17) is 9.73 Å². The molecule has 3 aromatic carbocycles. The van der Waals surface area contributed by atoms with Crippen LogP contribution in [0.1, 0.15) is 36.9 Å². The minimum atomic E-state index is -0.628. The summed E-state index contributed by atoms with van der Waals surface area (Å²) in [6, 6.07) is 25.4. The molecule has 0 radical (unpaired) electrons. The van der Waals surface area contributed by atoms with E-state index in [0.717, 1.165) is 37.1 Å². The number of rotatable bonds is 7. The van der Waals surface area contributed by atoms with Gasteiger partial charge in [-0.1, -0.05) is 72.0 Å². The van der Waals surface area contributed by atoms with E-state index < -0.39 is 6.04 Å². The Balaban J connectivity index is 1.30. The summed E-state index contributed by atoms with van der Waals surface area (Å²) in [6.45, 7) is 3.40. The number of nitrogens with zero attached hydrogens (tertiary/aromatic N) is 3. The molecule has 6 rings (SSSR count). The molecule has 42 heavy (non-hydrogen) atoms. The van der Waals surface area contributed by atoms with Crippen molar-refractivity contribution in [2.24, 2.45) is 4.99 Å². The van der Waals surface area contributed by atoms with Crippen LogP contribution in [0.25, 0.3) is 6.08 Å². The number of carbonyl (C=O) groups is 2. The summed E-state index contributed by atoms with van der Waals surface area (Å²) in [4.78, 5) is 46.8. The van der Waals surface area contributed by atoms with Crippen molar-refractivity contribution in [1.82, 2.24) is 9.47 Å². The van der Waals surface area contributed by atoms with Gasteiger partial charge in [-0.3, -0.25) is 19.0 Å². The lowest BCUT2D eigenvalue weighted by Gasteiger charge is -2.25. The van der Waals surface area contributed by atoms with E-state index in [0.29, 0.717) is 32.0 Å². The SMILES string of the molecule is CC1=C(C(=O)Nc2ccccc2)[C@@H](c2ccccc2)n2c(s/c(=C/c3ccc(OCC(=O)N4CCCC4)cc3)c2=O)=N1. The van der Waals surface area contributed by atoms with Crippen LogP contribution in [-0.2, 0) is 9.59 Å². The highest BCUT2D eigenvalue weighted by Gasteiger charge is 2.32. The van der Waals surface area contributed by atoms with Gasteiger partial charge in [-0.25, -0.2) is 4.99 Å². The van der Waals surface area contributed by atoms with E-state index in [2.05, 4.69) is 5.32 Å². The Bertz CT molecular complexity index is 1820. The van der Waals surface area contributed by atoms with Gasteiger partial charge in [-0.2, -0.15) is 0 Å². The first-order valence-electron chi connectivity index (χ1n) is 13.9. The lowest BCUT2D eigenvalue weighted by molar-refractivity contribution is -0.132. The minimum absolute atomic E-state index is 0.00207. The zero-order chi connectivity index (χ0) is 29.1. The van der Waals surface area contributed by atoms with Gasteiger partial charge in [0.05, 0.1) is 21.8 Å². The maximum atomic E-state index is 13.9. The number of para-hydroxylation sites is 1. The van der Waals surface area contributed by atoms with Crippen molar-refractivity contribution in [2.75, 3.05) is 25.0 Å². The first-order valence-corrected chi connectivity index (χ1v) is 14.7. The summed E-state index contributed by atoms with van der Waals surface area (Å²) in [5, 5.41) is 2.96. The van der Waals surface area contributed by atoms with E-state index in [1.807, 2.05) is 83.8 Å². The molecule has 4 aromatic rings. The molecular weight excluding hydrogens is 548 g/mol. The molecule has 1 saturated heterocycles. The summed E-state index contributed by atoms with van der Waals surface area (Å²) < 4.78 is 7.82. The van der Waals surface area contributed by atoms with Crippen LogP contribution in [0.15, 0.2) is 106 Å². The van der Waals surface area contributed by atoms with Crippen molar-refractivity contribution in [1.29, 1.82) is 0 Å². The zero-order valence-corrected chi connectivity index (χ0v) is 24.0. The highest BCUT2D eigenvalue weighted by Crippen LogP contribution is 2.30. The van der Waals surface area contributed by atoms with Crippen LogP contribution < -0.4 is 24.9 Å². The first kappa shape index (κ1) is 27.4. The fraction of sp³-hybridized carbons (Fsp3) is 0.212. The molecule has 0 unspecified atom stereocenters. The van der Waals surface area contributed by atoms with E-state index in [9.17, 15) is 14.4 Å². The van der Waals surface area contributed by atoms with E-state index in [1.165, 1.54) is 11.3 Å².